The zero-order valence-electron chi connectivity index (χ0n) is 8.55. The van der Waals surface area contributed by atoms with Crippen LogP contribution in [0.1, 0.15) is 12.8 Å². The smallest absolute Gasteiger partial charge is 0.407 e. The lowest BCUT2D eigenvalue weighted by atomic mass is 9.92. The minimum absolute atomic E-state index is 0.236. The van der Waals surface area contributed by atoms with Crippen molar-refractivity contribution in [1.29, 1.82) is 0 Å². The lowest BCUT2D eigenvalue weighted by Gasteiger charge is -2.33. The van der Waals surface area contributed by atoms with Crippen molar-refractivity contribution >= 4 is 12.1 Å². The SMILES string of the molecule is CO[C@@H](C(=O)O)C1CCCN(C(=O)O)C1. The number of likely N-dealkylation sites (tertiary alicyclic amines) is 1. The Morgan fingerprint density at radius 2 is 2.13 bits per heavy atom. The molecule has 0 aromatic carbocycles. The quantitative estimate of drug-likeness (QED) is 0.717. The zero-order chi connectivity index (χ0) is 11.4. The third kappa shape index (κ3) is 2.82. The number of hydrogen-bond donors (Lipinski definition) is 2. The highest BCUT2D eigenvalue weighted by Gasteiger charge is 2.33. The molecule has 1 aliphatic heterocycles. The molecule has 1 fully saturated rings. The van der Waals surface area contributed by atoms with Crippen molar-refractivity contribution in [2.75, 3.05) is 20.2 Å². The Hall–Kier alpha value is -1.30. The Morgan fingerprint density at radius 1 is 1.47 bits per heavy atom. The number of methoxy groups -OCH3 is 1. The van der Waals surface area contributed by atoms with Gasteiger partial charge in [-0.15, -0.1) is 0 Å². The first-order valence-corrected chi connectivity index (χ1v) is 4.79. The van der Waals surface area contributed by atoms with E-state index in [-0.39, 0.29) is 12.5 Å². The number of aliphatic carboxylic acids is 1. The summed E-state index contributed by atoms with van der Waals surface area (Å²) >= 11 is 0. The van der Waals surface area contributed by atoms with E-state index in [0.717, 1.165) is 0 Å². The molecular formula is C9H15NO5. The summed E-state index contributed by atoms with van der Waals surface area (Å²) in [6.07, 6.45) is -0.536. The van der Waals surface area contributed by atoms with Crippen LogP contribution in [-0.2, 0) is 9.53 Å². The molecule has 1 aliphatic rings. The number of carbonyl (C=O) groups is 2. The highest BCUT2D eigenvalue weighted by Crippen LogP contribution is 2.21. The number of nitrogens with zero attached hydrogens (tertiary/aromatic N) is 1. The van der Waals surface area contributed by atoms with E-state index in [1.807, 2.05) is 0 Å². The van der Waals surface area contributed by atoms with Crippen LogP contribution in [0.25, 0.3) is 0 Å². The van der Waals surface area contributed by atoms with Gasteiger partial charge in [-0.1, -0.05) is 0 Å². The average Bonchev–Trinajstić information content (AvgIpc) is 2.18. The van der Waals surface area contributed by atoms with Gasteiger partial charge in [-0.05, 0) is 12.8 Å². The summed E-state index contributed by atoms with van der Waals surface area (Å²) in [6.45, 7) is 0.710. The summed E-state index contributed by atoms with van der Waals surface area (Å²) in [5.74, 6) is -1.29. The standard InChI is InChI=1S/C9H15NO5/c1-15-7(8(11)12)6-3-2-4-10(5-6)9(13)14/h6-7H,2-5H2,1H3,(H,11,12)(H,13,14)/t6?,7-/m1/s1. The maximum absolute atomic E-state index is 10.8. The number of amides is 1. The van der Waals surface area contributed by atoms with Crippen LogP contribution < -0.4 is 0 Å². The molecule has 1 rings (SSSR count). The Kier molecular flexibility index (Phi) is 3.90. The van der Waals surface area contributed by atoms with Crippen molar-refractivity contribution in [2.24, 2.45) is 5.92 Å². The molecule has 15 heavy (non-hydrogen) atoms. The molecule has 2 atom stereocenters. The molecule has 0 aliphatic carbocycles. The van der Waals surface area contributed by atoms with Crippen molar-refractivity contribution < 1.29 is 24.5 Å². The fraction of sp³-hybridized carbons (Fsp3) is 0.778. The molecule has 1 saturated heterocycles. The number of carboxylic acids is 1. The topological polar surface area (TPSA) is 87.1 Å². The van der Waals surface area contributed by atoms with E-state index in [1.54, 1.807) is 0 Å². The van der Waals surface area contributed by atoms with Crippen molar-refractivity contribution in [3.63, 3.8) is 0 Å². The maximum atomic E-state index is 10.8. The monoisotopic (exact) mass is 217 g/mol. The van der Waals surface area contributed by atoms with Crippen molar-refractivity contribution in [1.82, 2.24) is 4.90 Å². The molecule has 0 spiro atoms. The van der Waals surface area contributed by atoms with Crippen LogP contribution in [0, 0.1) is 5.92 Å². The fourth-order valence-corrected chi connectivity index (χ4v) is 1.93. The Balaban J connectivity index is 2.62. The average molecular weight is 217 g/mol. The van der Waals surface area contributed by atoms with Gasteiger partial charge in [-0.3, -0.25) is 0 Å². The summed E-state index contributed by atoms with van der Waals surface area (Å²) in [6, 6.07) is 0. The number of rotatable bonds is 3. The van der Waals surface area contributed by atoms with Gasteiger partial charge >= 0.3 is 12.1 Å². The molecule has 1 heterocycles. The first kappa shape index (κ1) is 11.8. The second kappa shape index (κ2) is 4.97. The Labute approximate surface area is 87.4 Å². The van der Waals surface area contributed by atoms with Gasteiger partial charge in [0.15, 0.2) is 6.10 Å². The lowest BCUT2D eigenvalue weighted by Crippen LogP contribution is -2.45. The van der Waals surface area contributed by atoms with Gasteiger partial charge < -0.3 is 19.8 Å². The minimum Gasteiger partial charge on any atom is -0.479 e. The molecule has 0 bridgehead atoms. The van der Waals surface area contributed by atoms with Crippen LogP contribution in [0.3, 0.4) is 0 Å². The lowest BCUT2D eigenvalue weighted by molar-refractivity contribution is -0.153. The van der Waals surface area contributed by atoms with Crippen LogP contribution in [-0.4, -0.2) is 53.5 Å². The van der Waals surface area contributed by atoms with E-state index in [4.69, 9.17) is 14.9 Å². The van der Waals surface area contributed by atoms with Crippen LogP contribution >= 0.6 is 0 Å². The third-order valence-corrected chi connectivity index (χ3v) is 2.65. The van der Waals surface area contributed by atoms with Crippen LogP contribution in [0.15, 0.2) is 0 Å². The number of hydrogen-bond acceptors (Lipinski definition) is 3. The van der Waals surface area contributed by atoms with Gasteiger partial charge in [0.25, 0.3) is 0 Å². The summed E-state index contributed by atoms with van der Waals surface area (Å²) < 4.78 is 4.86. The molecule has 6 nitrogen and oxygen atoms in total. The summed E-state index contributed by atoms with van der Waals surface area (Å²) in [5, 5.41) is 17.6. The molecule has 86 valence electrons. The molecule has 1 unspecified atom stereocenters. The fourth-order valence-electron chi connectivity index (χ4n) is 1.93. The third-order valence-electron chi connectivity index (χ3n) is 2.65. The highest BCUT2D eigenvalue weighted by atomic mass is 16.5. The van der Waals surface area contributed by atoms with E-state index >= 15 is 0 Å². The predicted molar refractivity (Wildman–Crippen MR) is 50.8 cm³/mol. The zero-order valence-corrected chi connectivity index (χ0v) is 8.55. The van der Waals surface area contributed by atoms with Crippen LogP contribution in [0.2, 0.25) is 0 Å². The van der Waals surface area contributed by atoms with Crippen LogP contribution in [0.4, 0.5) is 4.79 Å². The molecule has 6 heteroatoms. The number of piperidine rings is 1. The normalized spacial score (nSPS) is 23.5. The summed E-state index contributed by atoms with van der Waals surface area (Å²) in [5.41, 5.74) is 0. The molecule has 0 radical (unpaired) electrons. The van der Waals surface area contributed by atoms with E-state index in [1.165, 1.54) is 12.0 Å². The Bertz CT molecular complexity index is 255. The largest absolute Gasteiger partial charge is 0.479 e. The molecule has 2 N–H and O–H groups in total. The molecule has 0 saturated carbocycles. The van der Waals surface area contributed by atoms with Gasteiger partial charge in [0.05, 0.1) is 0 Å². The second-order valence-corrected chi connectivity index (χ2v) is 3.63. The van der Waals surface area contributed by atoms with E-state index in [2.05, 4.69) is 0 Å². The van der Waals surface area contributed by atoms with Crippen molar-refractivity contribution in [3.8, 4) is 0 Å². The molecule has 0 aromatic heterocycles. The van der Waals surface area contributed by atoms with Crippen molar-refractivity contribution in [3.05, 3.63) is 0 Å². The van der Waals surface area contributed by atoms with Crippen LogP contribution in [0.5, 0.6) is 0 Å². The van der Waals surface area contributed by atoms with Gasteiger partial charge in [-0.2, -0.15) is 0 Å². The Morgan fingerprint density at radius 3 is 2.60 bits per heavy atom. The number of ether oxygens (including phenoxy) is 1. The summed E-state index contributed by atoms with van der Waals surface area (Å²) in [4.78, 5) is 22.8. The first-order chi connectivity index (χ1) is 7.06. The maximum Gasteiger partial charge on any atom is 0.407 e. The molecule has 0 aromatic rings. The molecule has 1 amide bonds. The summed E-state index contributed by atoms with van der Waals surface area (Å²) in [7, 11) is 1.33. The van der Waals surface area contributed by atoms with E-state index in [0.29, 0.717) is 19.4 Å². The highest BCUT2D eigenvalue weighted by molar-refractivity contribution is 5.73. The van der Waals surface area contributed by atoms with E-state index in [9.17, 15) is 9.59 Å². The molecular weight excluding hydrogens is 202 g/mol. The second-order valence-electron chi connectivity index (χ2n) is 3.63. The first-order valence-electron chi connectivity index (χ1n) is 4.79. The predicted octanol–water partition coefficient (Wildman–Crippen LogP) is 0.476. The minimum atomic E-state index is -1.03. The van der Waals surface area contributed by atoms with Gasteiger partial charge in [0.1, 0.15) is 0 Å². The van der Waals surface area contributed by atoms with Gasteiger partial charge in [-0.25, -0.2) is 9.59 Å². The number of carboxylic acid groups (broad SMARTS) is 2. The van der Waals surface area contributed by atoms with Gasteiger partial charge in [0, 0.05) is 26.1 Å². The van der Waals surface area contributed by atoms with Gasteiger partial charge in [0.2, 0.25) is 0 Å². The van der Waals surface area contributed by atoms with Crippen molar-refractivity contribution in [2.45, 2.75) is 18.9 Å². The van der Waals surface area contributed by atoms with E-state index < -0.39 is 18.2 Å².